The van der Waals surface area contributed by atoms with Crippen LogP contribution in [-0.4, -0.2) is 4.98 Å². The molecule has 0 atom stereocenters. The largest absolute Gasteiger partial charge is 0.389 e. The van der Waals surface area contributed by atoms with Gasteiger partial charge >= 0.3 is 0 Å². The number of nitrogen functional groups attached to an aromatic ring is 1. The molecule has 0 bridgehead atoms. The lowest BCUT2D eigenvalue weighted by Gasteiger charge is -2.04. The molecule has 0 radical (unpaired) electrons. The predicted molar refractivity (Wildman–Crippen MR) is 77.9 cm³/mol. The summed E-state index contributed by atoms with van der Waals surface area (Å²) in [6.07, 6.45) is 5.23. The SMILES string of the molecule is Cc1ccccc1-c1nc(C2CCCC2)sc1N. The van der Waals surface area contributed by atoms with Gasteiger partial charge in [-0.2, -0.15) is 0 Å². The van der Waals surface area contributed by atoms with Crippen molar-refractivity contribution in [2.45, 2.75) is 38.5 Å². The number of hydrogen-bond acceptors (Lipinski definition) is 3. The number of hydrogen-bond donors (Lipinski definition) is 1. The molecule has 94 valence electrons. The predicted octanol–water partition coefficient (Wildman–Crippen LogP) is 4.36. The van der Waals surface area contributed by atoms with Crippen LogP contribution in [0.3, 0.4) is 0 Å². The van der Waals surface area contributed by atoms with Gasteiger partial charge in [0.15, 0.2) is 0 Å². The number of nitrogens with zero attached hydrogens (tertiary/aromatic N) is 1. The van der Waals surface area contributed by atoms with Crippen molar-refractivity contribution < 1.29 is 0 Å². The molecule has 0 spiro atoms. The molecule has 0 aliphatic heterocycles. The summed E-state index contributed by atoms with van der Waals surface area (Å²) >= 11 is 1.68. The molecular formula is C15H18N2S. The van der Waals surface area contributed by atoms with E-state index in [1.807, 2.05) is 0 Å². The molecule has 0 amide bonds. The van der Waals surface area contributed by atoms with Crippen LogP contribution in [0.2, 0.25) is 0 Å². The Labute approximate surface area is 112 Å². The van der Waals surface area contributed by atoms with E-state index in [-0.39, 0.29) is 0 Å². The van der Waals surface area contributed by atoms with E-state index in [4.69, 9.17) is 10.7 Å². The first kappa shape index (κ1) is 11.7. The van der Waals surface area contributed by atoms with Crippen molar-refractivity contribution in [1.29, 1.82) is 0 Å². The van der Waals surface area contributed by atoms with Gasteiger partial charge in [0.25, 0.3) is 0 Å². The molecule has 2 N–H and O–H groups in total. The maximum Gasteiger partial charge on any atom is 0.114 e. The Morgan fingerprint density at radius 1 is 1.22 bits per heavy atom. The lowest BCUT2D eigenvalue weighted by atomic mass is 10.1. The van der Waals surface area contributed by atoms with Gasteiger partial charge < -0.3 is 5.73 Å². The van der Waals surface area contributed by atoms with Gasteiger partial charge in [-0.15, -0.1) is 11.3 Å². The number of aryl methyl sites for hydroxylation is 1. The molecule has 2 nitrogen and oxygen atoms in total. The van der Waals surface area contributed by atoms with Gasteiger partial charge in [0.1, 0.15) is 10.7 Å². The molecule has 3 rings (SSSR count). The van der Waals surface area contributed by atoms with Gasteiger partial charge in [-0.25, -0.2) is 4.98 Å². The number of anilines is 1. The third-order valence-corrected chi connectivity index (χ3v) is 4.82. The van der Waals surface area contributed by atoms with E-state index in [9.17, 15) is 0 Å². The van der Waals surface area contributed by atoms with Crippen molar-refractivity contribution in [1.82, 2.24) is 4.98 Å². The minimum atomic E-state index is 0.648. The second-order valence-corrected chi connectivity index (χ2v) is 6.12. The van der Waals surface area contributed by atoms with Crippen LogP contribution in [0.15, 0.2) is 24.3 Å². The molecule has 1 aliphatic carbocycles. The van der Waals surface area contributed by atoms with E-state index in [0.717, 1.165) is 10.7 Å². The van der Waals surface area contributed by atoms with Crippen LogP contribution in [0.5, 0.6) is 0 Å². The van der Waals surface area contributed by atoms with E-state index < -0.39 is 0 Å². The van der Waals surface area contributed by atoms with E-state index in [2.05, 4.69) is 31.2 Å². The highest BCUT2D eigenvalue weighted by atomic mass is 32.1. The minimum Gasteiger partial charge on any atom is -0.389 e. The Morgan fingerprint density at radius 2 is 1.94 bits per heavy atom. The van der Waals surface area contributed by atoms with Gasteiger partial charge in [0.05, 0.1) is 5.01 Å². The number of aromatic nitrogens is 1. The highest BCUT2D eigenvalue weighted by molar-refractivity contribution is 7.16. The summed E-state index contributed by atoms with van der Waals surface area (Å²) in [5, 5.41) is 2.11. The summed E-state index contributed by atoms with van der Waals surface area (Å²) in [4.78, 5) is 4.82. The summed E-state index contributed by atoms with van der Waals surface area (Å²) in [5.74, 6) is 0.648. The highest BCUT2D eigenvalue weighted by Crippen LogP contribution is 2.41. The zero-order chi connectivity index (χ0) is 12.5. The maximum absolute atomic E-state index is 6.17. The Bertz CT molecular complexity index is 553. The second kappa shape index (κ2) is 4.73. The van der Waals surface area contributed by atoms with Crippen molar-refractivity contribution in [3.05, 3.63) is 34.8 Å². The third-order valence-electron chi connectivity index (χ3n) is 3.77. The average Bonchev–Trinajstić information content (AvgIpc) is 2.99. The summed E-state index contributed by atoms with van der Waals surface area (Å²) in [5.41, 5.74) is 9.57. The lowest BCUT2D eigenvalue weighted by molar-refractivity contribution is 0.717. The monoisotopic (exact) mass is 258 g/mol. The summed E-state index contributed by atoms with van der Waals surface area (Å²) in [7, 11) is 0. The van der Waals surface area contributed by atoms with Crippen LogP contribution in [0.4, 0.5) is 5.00 Å². The zero-order valence-electron chi connectivity index (χ0n) is 10.6. The van der Waals surface area contributed by atoms with Crippen LogP contribution in [0.1, 0.15) is 42.2 Å². The van der Waals surface area contributed by atoms with Crippen LogP contribution >= 0.6 is 11.3 Å². The minimum absolute atomic E-state index is 0.648. The smallest absolute Gasteiger partial charge is 0.114 e. The molecule has 1 aromatic carbocycles. The molecular weight excluding hydrogens is 240 g/mol. The van der Waals surface area contributed by atoms with Crippen LogP contribution < -0.4 is 5.73 Å². The first-order chi connectivity index (χ1) is 8.75. The Kier molecular flexibility index (Phi) is 3.08. The quantitative estimate of drug-likeness (QED) is 0.869. The van der Waals surface area contributed by atoms with Gasteiger partial charge in [-0.3, -0.25) is 0 Å². The lowest BCUT2D eigenvalue weighted by Crippen LogP contribution is -1.92. The molecule has 1 aromatic heterocycles. The van der Waals surface area contributed by atoms with Gasteiger partial charge in [-0.1, -0.05) is 37.1 Å². The molecule has 2 aromatic rings. The molecule has 1 saturated carbocycles. The van der Waals surface area contributed by atoms with Gasteiger partial charge in [-0.05, 0) is 25.3 Å². The number of rotatable bonds is 2. The van der Waals surface area contributed by atoms with Gasteiger partial charge in [0.2, 0.25) is 0 Å². The van der Waals surface area contributed by atoms with E-state index in [1.54, 1.807) is 11.3 Å². The molecule has 1 aliphatic rings. The number of thiazole rings is 1. The summed E-state index contributed by atoms with van der Waals surface area (Å²) in [6, 6.07) is 8.33. The molecule has 1 fully saturated rings. The fourth-order valence-electron chi connectivity index (χ4n) is 2.73. The third kappa shape index (κ3) is 2.03. The Balaban J connectivity index is 2.00. The molecule has 3 heteroatoms. The van der Waals surface area contributed by atoms with Crippen molar-refractivity contribution in [2.24, 2.45) is 0 Å². The Hall–Kier alpha value is -1.35. The van der Waals surface area contributed by atoms with Crippen molar-refractivity contribution in [3.63, 3.8) is 0 Å². The molecule has 0 unspecified atom stereocenters. The average molecular weight is 258 g/mol. The van der Waals surface area contributed by atoms with Gasteiger partial charge in [0, 0.05) is 11.5 Å². The van der Waals surface area contributed by atoms with E-state index in [0.29, 0.717) is 5.92 Å². The molecule has 0 saturated heterocycles. The van der Waals surface area contributed by atoms with E-state index >= 15 is 0 Å². The molecule has 1 heterocycles. The topological polar surface area (TPSA) is 38.9 Å². The molecule has 18 heavy (non-hydrogen) atoms. The summed E-state index contributed by atoms with van der Waals surface area (Å²) < 4.78 is 0. The number of benzene rings is 1. The first-order valence-electron chi connectivity index (χ1n) is 6.58. The van der Waals surface area contributed by atoms with Crippen LogP contribution in [0, 0.1) is 6.92 Å². The normalized spacial score (nSPS) is 16.3. The fraction of sp³-hybridized carbons (Fsp3) is 0.400. The zero-order valence-corrected chi connectivity index (χ0v) is 11.5. The first-order valence-corrected chi connectivity index (χ1v) is 7.39. The highest BCUT2D eigenvalue weighted by Gasteiger charge is 2.22. The van der Waals surface area contributed by atoms with Crippen LogP contribution in [0.25, 0.3) is 11.3 Å². The fourth-order valence-corrected chi connectivity index (χ4v) is 3.74. The second-order valence-electron chi connectivity index (χ2n) is 5.06. The van der Waals surface area contributed by atoms with Crippen molar-refractivity contribution in [2.75, 3.05) is 5.73 Å². The standard InChI is InChI=1S/C15H18N2S/c1-10-6-2-5-9-12(10)13-14(16)18-15(17-13)11-7-3-4-8-11/h2,5-6,9,11H,3-4,7-8,16H2,1H3. The van der Waals surface area contributed by atoms with E-state index in [1.165, 1.54) is 41.8 Å². The van der Waals surface area contributed by atoms with Crippen molar-refractivity contribution in [3.8, 4) is 11.3 Å². The van der Waals surface area contributed by atoms with Crippen LogP contribution in [-0.2, 0) is 0 Å². The Morgan fingerprint density at radius 3 is 2.67 bits per heavy atom. The number of nitrogens with two attached hydrogens (primary N) is 1. The summed E-state index contributed by atoms with van der Waals surface area (Å²) in [6.45, 7) is 2.11. The van der Waals surface area contributed by atoms with Crippen molar-refractivity contribution >= 4 is 16.3 Å². The maximum atomic E-state index is 6.17.